The van der Waals surface area contributed by atoms with Crippen molar-refractivity contribution in [3.05, 3.63) is 0 Å². The summed E-state index contributed by atoms with van der Waals surface area (Å²) in [6.45, 7) is 4.27. The Labute approximate surface area is 74.7 Å². The Kier molecular flexibility index (Phi) is 11.2. The molecule has 3 heteroatoms. The topological polar surface area (TPSA) is 26.3 Å². The molecule has 0 aromatic carbocycles. The minimum absolute atomic E-state index is 0. The Morgan fingerprint density at radius 2 is 2.00 bits per heavy atom. The molecular weight excluding hydrogens is 219 g/mol. The van der Waals surface area contributed by atoms with Gasteiger partial charge in [-0.2, -0.15) is 0 Å². The van der Waals surface area contributed by atoms with Gasteiger partial charge in [0.05, 0.1) is 6.61 Å². The predicted molar refractivity (Wildman–Crippen MR) is 37.3 cm³/mol. The van der Waals surface area contributed by atoms with Crippen molar-refractivity contribution in [3.8, 4) is 0 Å². The molecule has 9 heavy (non-hydrogen) atoms. The Balaban J connectivity index is 0. The molecule has 0 unspecified atom stereocenters. The van der Waals surface area contributed by atoms with E-state index >= 15 is 0 Å². The van der Waals surface area contributed by atoms with Gasteiger partial charge in [0, 0.05) is 32.3 Å². The van der Waals surface area contributed by atoms with E-state index < -0.39 is 0 Å². The maximum absolute atomic E-state index is 10.4. The molecule has 0 spiro atoms. The van der Waals surface area contributed by atoms with Crippen molar-refractivity contribution in [2.45, 2.75) is 26.7 Å². The van der Waals surface area contributed by atoms with Crippen LogP contribution in [0.4, 0.5) is 0 Å². The van der Waals surface area contributed by atoms with Gasteiger partial charge in [-0.1, -0.05) is 6.92 Å². The van der Waals surface area contributed by atoms with Crippen LogP contribution < -0.4 is 0 Å². The summed E-state index contributed by atoms with van der Waals surface area (Å²) in [5, 5.41) is 0. The van der Waals surface area contributed by atoms with Crippen molar-refractivity contribution in [2.75, 3.05) is 6.61 Å². The van der Waals surface area contributed by atoms with Crippen molar-refractivity contribution in [2.24, 2.45) is 0 Å². The molecule has 0 aliphatic rings. The Bertz CT molecular complexity index is 65.5. The normalized spacial score (nSPS) is 7.78. The third-order valence-corrected chi connectivity index (χ3v) is 0.759. The van der Waals surface area contributed by atoms with Crippen LogP contribution in [0.3, 0.4) is 0 Å². The van der Waals surface area contributed by atoms with Gasteiger partial charge in [0.25, 0.3) is 0 Å². The predicted octanol–water partition coefficient (Wildman–Crippen LogP) is 0.969. The van der Waals surface area contributed by atoms with Crippen LogP contribution in [0.25, 0.3) is 0 Å². The minimum atomic E-state index is -0.0880. The Hall–Kier alpha value is 0.340. The fourth-order valence-electron chi connectivity index (χ4n) is 0.437. The van der Waals surface area contributed by atoms with Crippen LogP contribution in [0.1, 0.15) is 26.7 Å². The molecule has 0 atom stereocenters. The zero-order chi connectivity index (χ0) is 6.41. The molecule has 51 valence electrons. The molecular formula is C6H12InO2. The fraction of sp³-hybridized carbons (Fsp3) is 0.833. The molecule has 0 saturated heterocycles. The zero-order valence-electron chi connectivity index (χ0n) is 6.02. The average molecular weight is 231 g/mol. The van der Waals surface area contributed by atoms with Crippen LogP contribution in [0.5, 0.6) is 0 Å². The third kappa shape index (κ3) is 8.34. The second-order valence-electron chi connectivity index (χ2n) is 1.56. The van der Waals surface area contributed by atoms with Gasteiger partial charge in [-0.25, -0.2) is 0 Å². The quantitative estimate of drug-likeness (QED) is 0.676. The number of rotatable bonds is 3. The van der Waals surface area contributed by atoms with Crippen molar-refractivity contribution < 1.29 is 9.53 Å². The molecule has 0 bridgehead atoms. The molecule has 3 radical (unpaired) electrons. The second-order valence-corrected chi connectivity index (χ2v) is 1.56. The van der Waals surface area contributed by atoms with Crippen molar-refractivity contribution in [1.29, 1.82) is 0 Å². The Morgan fingerprint density at radius 1 is 1.44 bits per heavy atom. The molecule has 0 aromatic heterocycles. The van der Waals surface area contributed by atoms with E-state index in [0.717, 1.165) is 6.42 Å². The van der Waals surface area contributed by atoms with Gasteiger partial charge < -0.3 is 4.74 Å². The summed E-state index contributed by atoms with van der Waals surface area (Å²) < 4.78 is 4.64. The summed E-state index contributed by atoms with van der Waals surface area (Å²) >= 11 is 0. The van der Waals surface area contributed by atoms with Crippen molar-refractivity contribution in [1.82, 2.24) is 0 Å². The molecule has 0 rings (SSSR count). The molecule has 0 N–H and O–H groups in total. The zero-order valence-corrected chi connectivity index (χ0v) is 9.31. The van der Waals surface area contributed by atoms with E-state index in [1.165, 1.54) is 0 Å². The largest absolute Gasteiger partial charge is 0.466 e. The minimum Gasteiger partial charge on any atom is -0.466 e. The van der Waals surface area contributed by atoms with E-state index in [2.05, 4.69) is 4.74 Å². The SMILES string of the molecule is CCCC(=O)OCC.[In]. The molecule has 2 nitrogen and oxygen atoms in total. The molecule has 0 fully saturated rings. The third-order valence-electron chi connectivity index (χ3n) is 0.759. The first-order valence-corrected chi connectivity index (χ1v) is 2.96. The first-order chi connectivity index (χ1) is 3.81. The van der Waals surface area contributed by atoms with E-state index in [1.807, 2.05) is 13.8 Å². The Morgan fingerprint density at radius 3 is 2.33 bits per heavy atom. The molecule has 0 amide bonds. The monoisotopic (exact) mass is 231 g/mol. The van der Waals surface area contributed by atoms with Gasteiger partial charge in [-0.15, -0.1) is 0 Å². The summed E-state index contributed by atoms with van der Waals surface area (Å²) in [5.41, 5.74) is 0. The van der Waals surface area contributed by atoms with Crippen molar-refractivity contribution >= 4 is 31.8 Å². The van der Waals surface area contributed by atoms with Crippen LogP contribution in [-0.2, 0) is 9.53 Å². The van der Waals surface area contributed by atoms with E-state index in [-0.39, 0.29) is 31.8 Å². The van der Waals surface area contributed by atoms with Gasteiger partial charge in [0.15, 0.2) is 0 Å². The molecule has 0 aromatic rings. The summed E-state index contributed by atoms with van der Waals surface area (Å²) in [7, 11) is 0. The standard InChI is InChI=1S/C6H12O2.In/c1-3-5-6(7)8-4-2;/h3-5H2,1-2H3;. The first kappa shape index (κ1) is 12.1. The van der Waals surface area contributed by atoms with E-state index in [9.17, 15) is 4.79 Å². The van der Waals surface area contributed by atoms with E-state index in [0.29, 0.717) is 13.0 Å². The van der Waals surface area contributed by atoms with E-state index in [1.54, 1.807) is 0 Å². The van der Waals surface area contributed by atoms with Crippen LogP contribution in [0.15, 0.2) is 0 Å². The number of hydrogen-bond donors (Lipinski definition) is 0. The van der Waals surface area contributed by atoms with Crippen LogP contribution in [0.2, 0.25) is 0 Å². The van der Waals surface area contributed by atoms with Gasteiger partial charge in [0.1, 0.15) is 0 Å². The second kappa shape index (κ2) is 8.34. The van der Waals surface area contributed by atoms with Gasteiger partial charge >= 0.3 is 5.97 Å². The summed E-state index contributed by atoms with van der Waals surface area (Å²) in [5.74, 6) is -0.0880. The summed E-state index contributed by atoms with van der Waals surface area (Å²) in [6.07, 6.45) is 1.42. The maximum Gasteiger partial charge on any atom is 0.305 e. The number of carbonyl (C=O) groups excluding carboxylic acids is 1. The number of carbonyl (C=O) groups is 1. The smallest absolute Gasteiger partial charge is 0.305 e. The molecule has 0 aliphatic heterocycles. The van der Waals surface area contributed by atoms with Gasteiger partial charge in [0.2, 0.25) is 0 Å². The summed E-state index contributed by atoms with van der Waals surface area (Å²) in [6, 6.07) is 0. The van der Waals surface area contributed by atoms with E-state index in [4.69, 9.17) is 0 Å². The van der Waals surface area contributed by atoms with Crippen LogP contribution in [-0.4, -0.2) is 38.4 Å². The molecule has 0 heterocycles. The fourth-order valence-corrected chi connectivity index (χ4v) is 0.437. The number of ether oxygens (including phenoxy) is 1. The number of hydrogen-bond acceptors (Lipinski definition) is 2. The summed E-state index contributed by atoms with van der Waals surface area (Å²) in [4.78, 5) is 10.4. The first-order valence-electron chi connectivity index (χ1n) is 2.96. The molecule has 0 aliphatic carbocycles. The van der Waals surface area contributed by atoms with Gasteiger partial charge in [-0.3, -0.25) is 4.79 Å². The average Bonchev–Trinajstić information content (AvgIpc) is 1.68. The van der Waals surface area contributed by atoms with Crippen LogP contribution >= 0.6 is 0 Å². The molecule has 0 saturated carbocycles. The van der Waals surface area contributed by atoms with Crippen molar-refractivity contribution in [3.63, 3.8) is 0 Å². The maximum atomic E-state index is 10.4. The number of esters is 1. The van der Waals surface area contributed by atoms with Crippen LogP contribution in [0, 0.1) is 0 Å². The van der Waals surface area contributed by atoms with Gasteiger partial charge in [-0.05, 0) is 13.3 Å².